The molecule has 0 rings (SSSR count). The van der Waals surface area contributed by atoms with Crippen molar-refractivity contribution in [2.75, 3.05) is 6.61 Å². The van der Waals surface area contributed by atoms with Gasteiger partial charge in [-0.2, -0.15) is 0 Å². The molecule has 2 unspecified atom stereocenters. The van der Waals surface area contributed by atoms with Crippen molar-refractivity contribution in [1.82, 2.24) is 5.32 Å². The second kappa shape index (κ2) is 54.5. The van der Waals surface area contributed by atoms with Gasteiger partial charge < -0.3 is 15.5 Å². The van der Waals surface area contributed by atoms with Crippen LogP contribution < -0.4 is 5.32 Å². The Bertz CT molecular complexity index is 860. The van der Waals surface area contributed by atoms with Gasteiger partial charge in [-0.3, -0.25) is 4.79 Å². The lowest BCUT2D eigenvalue weighted by Crippen LogP contribution is -2.45. The van der Waals surface area contributed by atoms with Gasteiger partial charge in [-0.1, -0.05) is 302 Å². The minimum absolute atomic E-state index is 0.0255. The molecule has 4 heteroatoms. The van der Waals surface area contributed by atoms with Gasteiger partial charge in [0.2, 0.25) is 5.91 Å². The van der Waals surface area contributed by atoms with Crippen molar-refractivity contribution < 1.29 is 15.0 Å². The van der Waals surface area contributed by atoms with E-state index in [1.54, 1.807) is 0 Å². The van der Waals surface area contributed by atoms with E-state index in [0.717, 1.165) is 25.7 Å². The minimum atomic E-state index is -0.654. The Morgan fingerprint density at radius 3 is 0.887 bits per heavy atom. The van der Waals surface area contributed by atoms with Crippen LogP contribution >= 0.6 is 0 Å². The van der Waals surface area contributed by atoms with E-state index in [9.17, 15) is 15.0 Å². The van der Waals surface area contributed by atoms with E-state index >= 15 is 0 Å². The van der Waals surface area contributed by atoms with Crippen molar-refractivity contribution in [2.45, 2.75) is 347 Å². The van der Waals surface area contributed by atoms with Crippen LogP contribution in [0.2, 0.25) is 0 Å². The summed E-state index contributed by atoms with van der Waals surface area (Å²) in [5.41, 5.74) is 0. The summed E-state index contributed by atoms with van der Waals surface area (Å²) in [5.74, 6) is -0.0255. The Hall–Kier alpha value is -0.870. The van der Waals surface area contributed by atoms with Crippen LogP contribution in [0.4, 0.5) is 0 Å². The zero-order valence-corrected chi connectivity index (χ0v) is 42.7. The third-order valence-corrected chi connectivity index (χ3v) is 13.8. The number of aliphatic hydroxyl groups is 2. The van der Waals surface area contributed by atoms with Crippen molar-refractivity contribution in [1.29, 1.82) is 0 Å². The molecule has 0 aromatic carbocycles. The lowest BCUT2D eigenvalue weighted by atomic mass is 10.0. The summed E-state index contributed by atoms with van der Waals surface area (Å²) in [5, 5.41) is 23.2. The van der Waals surface area contributed by atoms with Gasteiger partial charge in [0, 0.05) is 6.42 Å². The zero-order valence-electron chi connectivity index (χ0n) is 42.7. The number of carbonyl (C=O) groups excluding carboxylic acids is 1. The standard InChI is InChI=1S/C58H115NO3/c1-3-5-7-9-11-13-15-16-17-18-19-20-21-22-23-24-25-26-27-28-29-30-31-32-33-34-35-36-37-38-39-40-41-42-44-46-48-50-52-54-58(62)59-56(55-60)57(61)53-51-49-47-45-43-14-12-10-8-6-4-2/h18-19,56-57,60-61H,3-17,20-55H2,1-2H3,(H,59,62)/b19-18-. The lowest BCUT2D eigenvalue weighted by molar-refractivity contribution is -0.123. The average Bonchev–Trinajstić information content (AvgIpc) is 3.28. The van der Waals surface area contributed by atoms with Gasteiger partial charge in [0.1, 0.15) is 0 Å². The van der Waals surface area contributed by atoms with E-state index in [2.05, 4.69) is 31.3 Å². The summed E-state index contributed by atoms with van der Waals surface area (Å²) >= 11 is 0. The first-order valence-corrected chi connectivity index (χ1v) is 28.9. The zero-order chi connectivity index (χ0) is 44.9. The van der Waals surface area contributed by atoms with Crippen LogP contribution in [-0.2, 0) is 4.79 Å². The van der Waals surface area contributed by atoms with Crippen LogP contribution in [-0.4, -0.2) is 34.9 Å². The van der Waals surface area contributed by atoms with Gasteiger partial charge in [0.25, 0.3) is 0 Å². The molecule has 2 atom stereocenters. The van der Waals surface area contributed by atoms with Crippen molar-refractivity contribution in [2.24, 2.45) is 0 Å². The number of aliphatic hydroxyl groups excluding tert-OH is 2. The molecule has 0 radical (unpaired) electrons. The predicted molar refractivity (Wildman–Crippen MR) is 276 cm³/mol. The number of hydrogen-bond donors (Lipinski definition) is 3. The second-order valence-electron chi connectivity index (χ2n) is 20.1. The first-order valence-electron chi connectivity index (χ1n) is 28.9. The van der Waals surface area contributed by atoms with Crippen LogP contribution in [0.25, 0.3) is 0 Å². The maximum atomic E-state index is 12.4. The van der Waals surface area contributed by atoms with Crippen LogP contribution in [0.5, 0.6) is 0 Å². The first kappa shape index (κ1) is 61.1. The first-order chi connectivity index (χ1) is 30.7. The highest BCUT2D eigenvalue weighted by Gasteiger charge is 2.20. The van der Waals surface area contributed by atoms with Gasteiger partial charge >= 0.3 is 0 Å². The summed E-state index contributed by atoms with van der Waals surface area (Å²) < 4.78 is 0. The van der Waals surface area contributed by atoms with Crippen molar-refractivity contribution >= 4 is 5.91 Å². The molecule has 1 amide bonds. The van der Waals surface area contributed by atoms with Gasteiger partial charge in [0.05, 0.1) is 18.8 Å². The maximum Gasteiger partial charge on any atom is 0.220 e. The summed E-state index contributed by atoms with van der Waals surface area (Å²) in [6.07, 6.45) is 70.9. The fourth-order valence-electron chi connectivity index (χ4n) is 9.36. The highest BCUT2D eigenvalue weighted by atomic mass is 16.3. The molecule has 0 saturated carbocycles. The van der Waals surface area contributed by atoms with Crippen LogP contribution in [0.15, 0.2) is 12.2 Å². The molecule has 3 N–H and O–H groups in total. The Kier molecular flexibility index (Phi) is 53.7. The highest BCUT2D eigenvalue weighted by molar-refractivity contribution is 5.76. The molecule has 0 heterocycles. The molecule has 0 aromatic rings. The molecule has 0 spiro atoms. The molecule has 0 bridgehead atoms. The monoisotopic (exact) mass is 874 g/mol. The SMILES string of the molecule is CCCCCCCCCC/C=C\CCCCCCCCCCCCCCCCCCCCCCCCCCCCCC(=O)NC(CO)C(O)CCCCCCCCCCCCC. The molecule has 62 heavy (non-hydrogen) atoms. The number of hydrogen-bond acceptors (Lipinski definition) is 3. The van der Waals surface area contributed by atoms with Gasteiger partial charge in [-0.25, -0.2) is 0 Å². The van der Waals surface area contributed by atoms with Crippen LogP contribution in [0.1, 0.15) is 335 Å². The highest BCUT2D eigenvalue weighted by Crippen LogP contribution is 2.18. The molecular weight excluding hydrogens is 759 g/mol. The van der Waals surface area contributed by atoms with Crippen molar-refractivity contribution in [3.63, 3.8) is 0 Å². The van der Waals surface area contributed by atoms with Gasteiger partial charge in [-0.15, -0.1) is 0 Å². The second-order valence-corrected chi connectivity index (χ2v) is 20.1. The summed E-state index contributed by atoms with van der Waals surface area (Å²) in [4.78, 5) is 12.4. The van der Waals surface area contributed by atoms with Crippen molar-refractivity contribution in [3.05, 3.63) is 12.2 Å². The third kappa shape index (κ3) is 50.1. The Morgan fingerprint density at radius 2 is 0.613 bits per heavy atom. The van der Waals surface area contributed by atoms with E-state index in [4.69, 9.17) is 0 Å². The quantitative estimate of drug-likeness (QED) is 0.0421. The third-order valence-electron chi connectivity index (χ3n) is 13.8. The van der Waals surface area contributed by atoms with E-state index in [1.807, 2.05) is 0 Å². The van der Waals surface area contributed by atoms with Crippen molar-refractivity contribution in [3.8, 4) is 0 Å². The largest absolute Gasteiger partial charge is 0.394 e. The van der Waals surface area contributed by atoms with E-state index in [0.29, 0.717) is 12.8 Å². The molecule has 370 valence electrons. The minimum Gasteiger partial charge on any atom is -0.394 e. The molecule has 4 nitrogen and oxygen atoms in total. The summed E-state index contributed by atoms with van der Waals surface area (Å²) in [6, 6.07) is -0.530. The number of carbonyl (C=O) groups is 1. The lowest BCUT2D eigenvalue weighted by Gasteiger charge is -2.22. The number of nitrogens with one attached hydrogen (secondary N) is 1. The Labute approximate surface area is 390 Å². The number of allylic oxidation sites excluding steroid dienone is 2. The van der Waals surface area contributed by atoms with E-state index < -0.39 is 12.1 Å². The fourth-order valence-corrected chi connectivity index (χ4v) is 9.36. The molecule has 0 fully saturated rings. The summed E-state index contributed by atoms with van der Waals surface area (Å²) in [6.45, 7) is 4.37. The fraction of sp³-hybridized carbons (Fsp3) is 0.948. The predicted octanol–water partition coefficient (Wildman–Crippen LogP) is 18.9. The Morgan fingerprint density at radius 1 is 0.371 bits per heavy atom. The number of rotatable bonds is 54. The van der Waals surface area contributed by atoms with Gasteiger partial charge in [-0.05, 0) is 38.5 Å². The molecule has 0 saturated heterocycles. The number of unbranched alkanes of at least 4 members (excludes halogenated alkanes) is 45. The number of amides is 1. The normalized spacial score (nSPS) is 12.8. The topological polar surface area (TPSA) is 69.6 Å². The molecule has 0 aliphatic rings. The van der Waals surface area contributed by atoms with Crippen LogP contribution in [0.3, 0.4) is 0 Å². The van der Waals surface area contributed by atoms with E-state index in [1.165, 1.54) is 283 Å². The molecular formula is C58H115NO3. The summed E-state index contributed by atoms with van der Waals surface area (Å²) in [7, 11) is 0. The molecule has 0 aliphatic heterocycles. The maximum absolute atomic E-state index is 12.4. The average molecular weight is 875 g/mol. The smallest absolute Gasteiger partial charge is 0.220 e. The van der Waals surface area contributed by atoms with Crippen LogP contribution in [0, 0.1) is 0 Å². The van der Waals surface area contributed by atoms with Gasteiger partial charge in [0.15, 0.2) is 0 Å². The molecule has 0 aliphatic carbocycles. The molecule has 0 aromatic heterocycles. The Balaban J connectivity index is 3.31. The van der Waals surface area contributed by atoms with E-state index in [-0.39, 0.29) is 12.5 Å².